The number of aliphatic hydroxyl groups is 1. The lowest BCUT2D eigenvalue weighted by molar-refractivity contribution is -0.384. The third-order valence-electron chi connectivity index (χ3n) is 3.87. The minimum atomic E-state index is -4.29. The maximum Gasteiger partial charge on any atom is 0.297 e. The van der Waals surface area contributed by atoms with Crippen molar-refractivity contribution in [2.45, 2.75) is 49.1 Å². The first-order valence-electron chi connectivity index (χ1n) is 7.42. The topological polar surface area (TPSA) is 134 Å². The molecule has 11 heteroatoms. The molecule has 0 spiro atoms. The van der Waals surface area contributed by atoms with E-state index in [-0.39, 0.29) is 17.2 Å². The summed E-state index contributed by atoms with van der Waals surface area (Å²) in [6, 6.07) is 4.22. The molecule has 1 N–H and O–H groups in total. The second-order valence-corrected chi connectivity index (χ2v) is 7.70. The van der Waals surface area contributed by atoms with Crippen molar-refractivity contribution in [3.63, 3.8) is 0 Å². The molecule has 1 aromatic rings. The van der Waals surface area contributed by atoms with Crippen LogP contribution in [0.15, 0.2) is 29.2 Å². The Morgan fingerprint density at radius 3 is 2.56 bits per heavy atom. The maximum absolute atomic E-state index is 12.4. The molecule has 0 bridgehead atoms. The van der Waals surface area contributed by atoms with Gasteiger partial charge in [-0.25, -0.2) is 0 Å². The number of ether oxygens (including phenoxy) is 3. The Morgan fingerprint density at radius 1 is 1.32 bits per heavy atom. The van der Waals surface area contributed by atoms with Crippen molar-refractivity contribution in [2.75, 3.05) is 6.61 Å². The number of benzene rings is 1. The van der Waals surface area contributed by atoms with Gasteiger partial charge in [-0.1, -0.05) is 0 Å². The molecule has 10 nitrogen and oxygen atoms in total. The van der Waals surface area contributed by atoms with Crippen molar-refractivity contribution in [3.05, 3.63) is 34.4 Å². The van der Waals surface area contributed by atoms with Gasteiger partial charge in [-0.05, 0) is 26.0 Å². The summed E-state index contributed by atoms with van der Waals surface area (Å²) in [5, 5.41) is 20.6. The summed E-state index contributed by atoms with van der Waals surface area (Å²) in [6.07, 6.45) is -4.31. The molecule has 3 rings (SSSR count). The number of fused-ring (bicyclic) bond motifs is 1. The Hall–Kier alpha value is -1.63. The summed E-state index contributed by atoms with van der Waals surface area (Å²) in [6.45, 7) is 3.41. The summed E-state index contributed by atoms with van der Waals surface area (Å²) >= 11 is 0. The standard InChI is InChI=1S/C14H17NO9S/c1-14(2)21-7-10-11(23-14)12(13(16)22-10)24-25(19,20)9-5-3-8(4-6-9)15(17)18/h3-6,10-13,16H,7H2,1-2H3/t10-,11+,12-,13+/m0/s1. The van der Waals surface area contributed by atoms with E-state index in [1.807, 2.05) is 0 Å². The number of nitro groups is 1. The fourth-order valence-corrected chi connectivity index (χ4v) is 3.75. The predicted molar refractivity (Wildman–Crippen MR) is 80.9 cm³/mol. The first-order chi connectivity index (χ1) is 11.6. The van der Waals surface area contributed by atoms with Gasteiger partial charge in [0.2, 0.25) is 0 Å². The van der Waals surface area contributed by atoms with Crippen LogP contribution >= 0.6 is 0 Å². The predicted octanol–water partition coefficient (Wildman–Crippen LogP) is 0.537. The quantitative estimate of drug-likeness (QED) is 0.454. The van der Waals surface area contributed by atoms with Gasteiger partial charge in [0.05, 0.1) is 16.4 Å². The zero-order valence-electron chi connectivity index (χ0n) is 13.4. The number of non-ortho nitro benzene ring substituents is 1. The third kappa shape index (κ3) is 3.66. The first kappa shape index (κ1) is 18.2. The highest BCUT2D eigenvalue weighted by atomic mass is 32.2. The van der Waals surface area contributed by atoms with Gasteiger partial charge in [0.15, 0.2) is 18.2 Å². The van der Waals surface area contributed by atoms with Crippen molar-refractivity contribution in [2.24, 2.45) is 0 Å². The van der Waals surface area contributed by atoms with Crippen LogP contribution in [0.1, 0.15) is 13.8 Å². The molecule has 0 unspecified atom stereocenters. The van der Waals surface area contributed by atoms with Gasteiger partial charge in [0, 0.05) is 12.1 Å². The van der Waals surface area contributed by atoms with Crippen LogP contribution in [0.25, 0.3) is 0 Å². The van der Waals surface area contributed by atoms with Gasteiger partial charge in [-0.3, -0.25) is 14.3 Å². The third-order valence-corrected chi connectivity index (χ3v) is 5.20. The molecule has 0 aromatic heterocycles. The summed E-state index contributed by atoms with van der Waals surface area (Å²) in [5.41, 5.74) is -0.252. The highest BCUT2D eigenvalue weighted by Gasteiger charge is 2.53. The van der Waals surface area contributed by atoms with Crippen LogP contribution in [0.2, 0.25) is 0 Å². The lowest BCUT2D eigenvalue weighted by Gasteiger charge is -2.38. The second kappa shape index (κ2) is 6.27. The van der Waals surface area contributed by atoms with E-state index < -0.39 is 45.4 Å². The molecule has 2 heterocycles. The molecule has 0 radical (unpaired) electrons. The molecule has 2 aliphatic rings. The van der Waals surface area contributed by atoms with Crippen LogP contribution in [0, 0.1) is 10.1 Å². The number of aliphatic hydroxyl groups excluding tert-OH is 1. The van der Waals surface area contributed by atoms with Crippen molar-refractivity contribution >= 4 is 15.8 Å². The smallest absolute Gasteiger partial charge is 0.297 e. The van der Waals surface area contributed by atoms with Gasteiger partial charge in [0.25, 0.3) is 15.8 Å². The van der Waals surface area contributed by atoms with Crippen molar-refractivity contribution in [1.82, 2.24) is 0 Å². The molecule has 2 fully saturated rings. The second-order valence-electron chi connectivity index (χ2n) is 6.12. The normalized spacial score (nSPS) is 31.5. The van der Waals surface area contributed by atoms with Crippen molar-refractivity contribution in [1.29, 1.82) is 0 Å². The van der Waals surface area contributed by atoms with Gasteiger partial charge in [-0.2, -0.15) is 8.42 Å². The van der Waals surface area contributed by atoms with Gasteiger partial charge < -0.3 is 19.3 Å². The zero-order valence-corrected chi connectivity index (χ0v) is 14.2. The van der Waals surface area contributed by atoms with E-state index in [9.17, 15) is 23.6 Å². The van der Waals surface area contributed by atoms with E-state index in [4.69, 9.17) is 18.4 Å². The largest absolute Gasteiger partial charge is 0.366 e. The number of hydrogen-bond acceptors (Lipinski definition) is 9. The molecule has 0 saturated carbocycles. The summed E-state index contributed by atoms with van der Waals surface area (Å²) < 4.78 is 46.2. The highest BCUT2D eigenvalue weighted by Crippen LogP contribution is 2.35. The van der Waals surface area contributed by atoms with E-state index in [1.54, 1.807) is 13.8 Å². The van der Waals surface area contributed by atoms with Gasteiger partial charge >= 0.3 is 0 Å². The summed E-state index contributed by atoms with van der Waals surface area (Å²) in [4.78, 5) is 9.73. The van der Waals surface area contributed by atoms with Crippen LogP contribution in [0.4, 0.5) is 5.69 Å². The van der Waals surface area contributed by atoms with Gasteiger partial charge in [-0.15, -0.1) is 0 Å². The molecule has 0 aliphatic carbocycles. The fourth-order valence-electron chi connectivity index (χ4n) is 2.67. The van der Waals surface area contributed by atoms with Crippen LogP contribution in [0.5, 0.6) is 0 Å². The maximum atomic E-state index is 12.4. The Morgan fingerprint density at radius 2 is 1.96 bits per heavy atom. The van der Waals surface area contributed by atoms with Crippen LogP contribution in [-0.4, -0.2) is 55.4 Å². The minimum absolute atomic E-state index is 0.117. The molecule has 138 valence electrons. The minimum Gasteiger partial charge on any atom is -0.366 e. The van der Waals surface area contributed by atoms with E-state index >= 15 is 0 Å². The number of nitro benzene ring substituents is 1. The molecule has 25 heavy (non-hydrogen) atoms. The Balaban J connectivity index is 1.80. The molecule has 1 aromatic carbocycles. The molecular formula is C14H17NO9S. The van der Waals surface area contributed by atoms with E-state index in [0.717, 1.165) is 24.3 Å². The molecular weight excluding hydrogens is 358 g/mol. The molecule has 2 aliphatic heterocycles. The summed E-state index contributed by atoms with van der Waals surface area (Å²) in [7, 11) is -4.29. The average molecular weight is 375 g/mol. The fraction of sp³-hybridized carbons (Fsp3) is 0.571. The van der Waals surface area contributed by atoms with E-state index in [0.29, 0.717) is 0 Å². The highest BCUT2D eigenvalue weighted by molar-refractivity contribution is 7.86. The van der Waals surface area contributed by atoms with Crippen LogP contribution in [-0.2, 0) is 28.5 Å². The van der Waals surface area contributed by atoms with Crippen LogP contribution < -0.4 is 0 Å². The lowest BCUT2D eigenvalue weighted by atomic mass is 10.1. The monoisotopic (exact) mass is 375 g/mol. The first-order valence-corrected chi connectivity index (χ1v) is 8.83. The number of nitrogens with zero attached hydrogens (tertiary/aromatic N) is 1. The Kier molecular flexibility index (Phi) is 4.56. The SMILES string of the molecule is CC1(C)OC[C@@H]2O[C@@H](O)[C@@H](OS(=O)(=O)c3ccc([N+](=O)[O-])cc3)[C@@H]2O1. The van der Waals surface area contributed by atoms with Crippen molar-refractivity contribution in [3.8, 4) is 0 Å². The van der Waals surface area contributed by atoms with Gasteiger partial charge in [0.1, 0.15) is 12.2 Å². The number of rotatable bonds is 4. The Bertz CT molecular complexity index is 761. The molecule has 4 atom stereocenters. The summed E-state index contributed by atoms with van der Waals surface area (Å²) in [5.74, 6) is -0.979. The molecule has 0 amide bonds. The average Bonchev–Trinajstić information content (AvgIpc) is 2.82. The zero-order chi connectivity index (χ0) is 18.4. The van der Waals surface area contributed by atoms with Crippen molar-refractivity contribution < 1.29 is 36.8 Å². The number of hydrogen-bond donors (Lipinski definition) is 1. The molecule has 2 saturated heterocycles. The Labute approximate surface area is 143 Å². The lowest BCUT2D eigenvalue weighted by Crippen LogP contribution is -2.51. The van der Waals surface area contributed by atoms with Crippen LogP contribution in [0.3, 0.4) is 0 Å². The van der Waals surface area contributed by atoms with E-state index in [2.05, 4.69) is 0 Å². The van der Waals surface area contributed by atoms with E-state index in [1.165, 1.54) is 0 Å².